The zero-order chi connectivity index (χ0) is 11.1. The third-order valence-corrected chi connectivity index (χ3v) is 2.48. The molecule has 1 fully saturated rings. The quantitative estimate of drug-likeness (QED) is 0.593. The molecule has 2 unspecified atom stereocenters. The second-order valence-corrected chi connectivity index (χ2v) is 3.92. The summed E-state index contributed by atoms with van der Waals surface area (Å²) >= 11 is 0. The topological polar surface area (TPSA) is 54.0 Å². The normalized spacial score (nSPS) is 25.4. The number of rotatable bonds is 6. The highest BCUT2D eigenvalue weighted by Gasteiger charge is 2.21. The molecule has 1 saturated heterocycles. The predicted octanol–water partition coefficient (Wildman–Crippen LogP) is -1.09. The number of aliphatic hydroxyl groups is 1. The van der Waals surface area contributed by atoms with Gasteiger partial charge in [-0.05, 0) is 7.05 Å². The van der Waals surface area contributed by atoms with Crippen LogP contribution in [-0.2, 0) is 9.47 Å². The molecule has 1 aliphatic heterocycles. The summed E-state index contributed by atoms with van der Waals surface area (Å²) in [5, 5.41) is 12.7. The average Bonchev–Trinajstić information content (AvgIpc) is 2.19. The van der Waals surface area contributed by atoms with E-state index >= 15 is 0 Å². The Morgan fingerprint density at radius 1 is 1.67 bits per heavy atom. The number of aliphatic hydroxyl groups excluding tert-OH is 1. The molecule has 0 aromatic heterocycles. The zero-order valence-electron chi connectivity index (χ0n) is 9.61. The van der Waals surface area contributed by atoms with Crippen molar-refractivity contribution in [3.63, 3.8) is 0 Å². The van der Waals surface area contributed by atoms with Crippen LogP contribution in [0.3, 0.4) is 0 Å². The fourth-order valence-corrected chi connectivity index (χ4v) is 1.84. The van der Waals surface area contributed by atoms with Gasteiger partial charge in [-0.15, -0.1) is 0 Å². The number of methoxy groups -OCH3 is 1. The second-order valence-electron chi connectivity index (χ2n) is 3.92. The Morgan fingerprint density at radius 3 is 3.13 bits per heavy atom. The van der Waals surface area contributed by atoms with Crippen molar-refractivity contribution in [3.8, 4) is 0 Å². The molecular formula is C10H22N2O3. The lowest BCUT2D eigenvalue weighted by Gasteiger charge is -2.33. The maximum atomic E-state index is 9.59. The number of morpholine rings is 1. The molecule has 0 saturated carbocycles. The van der Waals surface area contributed by atoms with E-state index in [1.54, 1.807) is 7.11 Å². The van der Waals surface area contributed by atoms with Crippen LogP contribution in [0.15, 0.2) is 0 Å². The number of hydrogen-bond acceptors (Lipinski definition) is 5. The molecule has 5 heteroatoms. The van der Waals surface area contributed by atoms with Crippen LogP contribution in [0.4, 0.5) is 0 Å². The Hall–Kier alpha value is -0.200. The van der Waals surface area contributed by atoms with E-state index in [-0.39, 0.29) is 6.10 Å². The summed E-state index contributed by atoms with van der Waals surface area (Å²) in [6.45, 7) is 4.43. The van der Waals surface area contributed by atoms with Gasteiger partial charge in [0, 0.05) is 33.3 Å². The number of β-amino-alcohol motifs (C(OH)–C–C–N with tert-alkyl or cyclic N) is 1. The molecule has 1 rings (SSSR count). The van der Waals surface area contributed by atoms with Crippen LogP contribution < -0.4 is 5.32 Å². The molecule has 0 aromatic rings. The van der Waals surface area contributed by atoms with Crippen molar-refractivity contribution in [2.45, 2.75) is 12.2 Å². The highest BCUT2D eigenvalue weighted by atomic mass is 16.5. The predicted molar refractivity (Wildman–Crippen MR) is 58.0 cm³/mol. The number of nitrogens with zero attached hydrogens (tertiary/aromatic N) is 1. The summed E-state index contributed by atoms with van der Waals surface area (Å²) < 4.78 is 10.5. The summed E-state index contributed by atoms with van der Waals surface area (Å²) in [5.74, 6) is 0. The van der Waals surface area contributed by atoms with Crippen molar-refractivity contribution in [2.75, 3.05) is 53.6 Å². The van der Waals surface area contributed by atoms with Crippen molar-refractivity contribution in [1.29, 1.82) is 0 Å². The van der Waals surface area contributed by atoms with E-state index in [4.69, 9.17) is 9.47 Å². The Morgan fingerprint density at radius 2 is 2.47 bits per heavy atom. The first-order chi connectivity index (χ1) is 7.26. The van der Waals surface area contributed by atoms with E-state index in [9.17, 15) is 5.11 Å². The average molecular weight is 218 g/mol. The van der Waals surface area contributed by atoms with E-state index in [0.29, 0.717) is 13.2 Å². The Bertz CT molecular complexity index is 165. The lowest BCUT2D eigenvalue weighted by molar-refractivity contribution is -0.0461. The minimum absolute atomic E-state index is 0.235. The molecule has 0 amide bonds. The van der Waals surface area contributed by atoms with Gasteiger partial charge in [-0.1, -0.05) is 0 Å². The third-order valence-electron chi connectivity index (χ3n) is 2.48. The maximum absolute atomic E-state index is 9.59. The minimum Gasteiger partial charge on any atom is -0.389 e. The molecule has 0 aliphatic carbocycles. The van der Waals surface area contributed by atoms with Gasteiger partial charge in [-0.3, -0.25) is 4.90 Å². The molecule has 0 bridgehead atoms. The Labute approximate surface area is 91.3 Å². The molecule has 0 radical (unpaired) electrons. The van der Waals surface area contributed by atoms with Crippen LogP contribution in [0.1, 0.15) is 0 Å². The van der Waals surface area contributed by atoms with E-state index in [2.05, 4.69) is 10.2 Å². The van der Waals surface area contributed by atoms with Crippen molar-refractivity contribution in [2.24, 2.45) is 0 Å². The summed E-state index contributed by atoms with van der Waals surface area (Å²) in [6, 6.07) is 0. The van der Waals surface area contributed by atoms with Gasteiger partial charge < -0.3 is 19.9 Å². The van der Waals surface area contributed by atoms with Crippen LogP contribution in [0, 0.1) is 0 Å². The van der Waals surface area contributed by atoms with Crippen molar-refractivity contribution in [3.05, 3.63) is 0 Å². The SMILES string of the molecule is CNCC1CN(CC(O)COC)CCO1. The van der Waals surface area contributed by atoms with Gasteiger partial charge in [0.2, 0.25) is 0 Å². The molecule has 2 atom stereocenters. The highest BCUT2D eigenvalue weighted by molar-refractivity contribution is 4.74. The lowest BCUT2D eigenvalue weighted by atomic mass is 10.2. The van der Waals surface area contributed by atoms with Gasteiger partial charge >= 0.3 is 0 Å². The fourth-order valence-electron chi connectivity index (χ4n) is 1.84. The first-order valence-electron chi connectivity index (χ1n) is 5.41. The number of hydrogen-bond donors (Lipinski definition) is 2. The number of nitrogens with one attached hydrogen (secondary N) is 1. The summed E-state index contributed by atoms with van der Waals surface area (Å²) in [5.41, 5.74) is 0. The molecule has 15 heavy (non-hydrogen) atoms. The molecule has 1 heterocycles. The van der Waals surface area contributed by atoms with Crippen LogP contribution in [0.25, 0.3) is 0 Å². The molecule has 5 nitrogen and oxygen atoms in total. The molecule has 1 aliphatic rings. The van der Waals surface area contributed by atoms with Gasteiger partial charge in [0.25, 0.3) is 0 Å². The fraction of sp³-hybridized carbons (Fsp3) is 1.00. The van der Waals surface area contributed by atoms with Crippen LogP contribution >= 0.6 is 0 Å². The smallest absolute Gasteiger partial charge is 0.0900 e. The molecule has 2 N–H and O–H groups in total. The molecule has 90 valence electrons. The first kappa shape index (κ1) is 12.9. The Balaban J connectivity index is 2.23. The monoisotopic (exact) mass is 218 g/mol. The lowest BCUT2D eigenvalue weighted by Crippen LogP contribution is -2.48. The van der Waals surface area contributed by atoms with E-state index in [1.807, 2.05) is 7.05 Å². The molecule has 0 spiro atoms. The van der Waals surface area contributed by atoms with Gasteiger partial charge in [-0.25, -0.2) is 0 Å². The number of likely N-dealkylation sites (N-methyl/N-ethyl adjacent to an activating group) is 1. The summed E-state index contributed by atoms with van der Waals surface area (Å²) in [7, 11) is 3.52. The van der Waals surface area contributed by atoms with E-state index in [0.717, 1.165) is 26.2 Å². The van der Waals surface area contributed by atoms with Crippen molar-refractivity contribution in [1.82, 2.24) is 10.2 Å². The van der Waals surface area contributed by atoms with Crippen LogP contribution in [0.2, 0.25) is 0 Å². The summed E-state index contributed by atoms with van der Waals surface area (Å²) in [6.07, 6.45) is -0.165. The summed E-state index contributed by atoms with van der Waals surface area (Å²) in [4.78, 5) is 2.22. The largest absolute Gasteiger partial charge is 0.389 e. The van der Waals surface area contributed by atoms with Crippen LogP contribution in [-0.4, -0.2) is 75.8 Å². The number of ether oxygens (including phenoxy) is 2. The Kier molecular flexibility index (Phi) is 6.12. The van der Waals surface area contributed by atoms with E-state index in [1.165, 1.54) is 0 Å². The first-order valence-corrected chi connectivity index (χ1v) is 5.41. The van der Waals surface area contributed by atoms with Gasteiger partial charge in [0.15, 0.2) is 0 Å². The molecule has 0 aromatic carbocycles. The zero-order valence-corrected chi connectivity index (χ0v) is 9.61. The van der Waals surface area contributed by atoms with Gasteiger partial charge in [0.1, 0.15) is 0 Å². The minimum atomic E-state index is -0.400. The van der Waals surface area contributed by atoms with Gasteiger partial charge in [0.05, 0.1) is 25.4 Å². The van der Waals surface area contributed by atoms with E-state index < -0.39 is 6.10 Å². The standard InChI is InChI=1S/C10H22N2O3/c1-11-5-10-7-12(3-4-15-10)6-9(13)8-14-2/h9-11,13H,3-8H2,1-2H3. The van der Waals surface area contributed by atoms with Crippen LogP contribution in [0.5, 0.6) is 0 Å². The maximum Gasteiger partial charge on any atom is 0.0900 e. The molecular weight excluding hydrogens is 196 g/mol. The van der Waals surface area contributed by atoms with Crippen molar-refractivity contribution < 1.29 is 14.6 Å². The third kappa shape index (κ3) is 4.90. The second kappa shape index (κ2) is 7.14. The van der Waals surface area contributed by atoms with Crippen molar-refractivity contribution >= 4 is 0 Å². The van der Waals surface area contributed by atoms with Gasteiger partial charge in [-0.2, -0.15) is 0 Å². The highest BCUT2D eigenvalue weighted by Crippen LogP contribution is 2.05.